The fraction of sp³-hybridized carbons (Fsp3) is 0.185. The van der Waals surface area contributed by atoms with Gasteiger partial charge in [0.2, 0.25) is 5.75 Å². The normalized spacial score (nSPS) is 10.9. The number of carbonyl (C=O) groups is 2. The quantitative estimate of drug-likeness (QED) is 0.292. The third-order valence-electron chi connectivity index (χ3n) is 5.17. The van der Waals surface area contributed by atoms with Crippen LogP contribution in [0.1, 0.15) is 11.1 Å². The zero-order chi connectivity index (χ0) is 24.5. The van der Waals surface area contributed by atoms with E-state index in [0.29, 0.717) is 33.9 Å². The second-order valence-electron chi connectivity index (χ2n) is 7.22. The Morgan fingerprint density at radius 2 is 1.38 bits per heavy atom. The minimum absolute atomic E-state index is 0.246. The first-order valence-corrected chi connectivity index (χ1v) is 10.5. The predicted octanol–water partition coefficient (Wildman–Crippen LogP) is 4.21. The molecule has 0 saturated carbocycles. The van der Waals surface area contributed by atoms with Crippen LogP contribution in [-0.4, -0.2) is 46.9 Å². The van der Waals surface area contributed by atoms with Gasteiger partial charge in [-0.15, -0.1) is 0 Å². The van der Waals surface area contributed by atoms with Gasteiger partial charge in [0, 0.05) is 5.57 Å². The Morgan fingerprint density at radius 3 is 1.91 bits per heavy atom. The number of rotatable bonds is 9. The lowest BCUT2D eigenvalue weighted by molar-refractivity contribution is -0.140. The first-order valence-electron chi connectivity index (χ1n) is 10.5. The standard InChI is InChI=1S/C27H27NO6/c1-31-23-15-18(16-24(32-2)26(23)34-4)14-22(27(30)28-17-25(29)33-3)21-12-10-20(11-13-21)19-8-6-5-7-9-19/h5-16H,17H2,1-4H3,(H,28,30). The molecule has 3 aromatic rings. The van der Waals surface area contributed by atoms with E-state index in [1.165, 1.54) is 28.4 Å². The molecular weight excluding hydrogens is 434 g/mol. The number of benzene rings is 3. The largest absolute Gasteiger partial charge is 0.493 e. The summed E-state index contributed by atoms with van der Waals surface area (Å²) in [6.45, 7) is -0.246. The number of carbonyl (C=O) groups excluding carboxylic acids is 2. The second-order valence-corrected chi connectivity index (χ2v) is 7.22. The van der Waals surface area contributed by atoms with Crippen molar-refractivity contribution in [3.63, 3.8) is 0 Å². The van der Waals surface area contributed by atoms with Crippen LogP contribution in [0.25, 0.3) is 22.8 Å². The van der Waals surface area contributed by atoms with E-state index in [4.69, 9.17) is 14.2 Å². The molecule has 7 heteroatoms. The Bertz CT molecular complexity index is 1140. The molecule has 0 atom stereocenters. The molecule has 0 aliphatic heterocycles. The highest BCUT2D eigenvalue weighted by Crippen LogP contribution is 2.39. The van der Waals surface area contributed by atoms with Gasteiger partial charge >= 0.3 is 5.97 Å². The van der Waals surface area contributed by atoms with Gasteiger partial charge < -0.3 is 24.3 Å². The highest BCUT2D eigenvalue weighted by molar-refractivity contribution is 6.24. The molecule has 0 fully saturated rings. The molecule has 3 aromatic carbocycles. The van der Waals surface area contributed by atoms with Gasteiger partial charge in [-0.05, 0) is 40.5 Å². The van der Waals surface area contributed by atoms with E-state index in [1.54, 1.807) is 18.2 Å². The van der Waals surface area contributed by atoms with E-state index in [0.717, 1.165) is 11.1 Å². The number of amides is 1. The summed E-state index contributed by atoms with van der Waals surface area (Å²) >= 11 is 0. The van der Waals surface area contributed by atoms with Crippen LogP contribution in [0.2, 0.25) is 0 Å². The van der Waals surface area contributed by atoms with Crippen LogP contribution in [0.4, 0.5) is 0 Å². The third-order valence-corrected chi connectivity index (χ3v) is 5.17. The van der Waals surface area contributed by atoms with Gasteiger partial charge in [-0.1, -0.05) is 54.6 Å². The molecule has 0 radical (unpaired) electrons. The van der Waals surface area contributed by atoms with E-state index in [2.05, 4.69) is 10.1 Å². The van der Waals surface area contributed by atoms with E-state index in [-0.39, 0.29) is 6.54 Å². The second kappa shape index (κ2) is 11.6. The first-order chi connectivity index (χ1) is 16.5. The molecular formula is C27H27NO6. The number of esters is 1. The van der Waals surface area contributed by atoms with Crippen molar-refractivity contribution in [2.24, 2.45) is 0 Å². The molecule has 1 amide bonds. The molecule has 3 rings (SSSR count). The molecule has 7 nitrogen and oxygen atoms in total. The Labute approximate surface area is 198 Å². The fourth-order valence-corrected chi connectivity index (χ4v) is 3.42. The predicted molar refractivity (Wildman–Crippen MR) is 131 cm³/mol. The smallest absolute Gasteiger partial charge is 0.325 e. The van der Waals surface area contributed by atoms with Crippen LogP contribution in [0, 0.1) is 0 Å². The summed E-state index contributed by atoms with van der Waals surface area (Å²) in [5, 5.41) is 2.61. The molecule has 1 N–H and O–H groups in total. The highest BCUT2D eigenvalue weighted by atomic mass is 16.5. The van der Waals surface area contributed by atoms with Crippen LogP contribution < -0.4 is 19.5 Å². The van der Waals surface area contributed by atoms with Crippen molar-refractivity contribution in [3.8, 4) is 28.4 Å². The van der Waals surface area contributed by atoms with Gasteiger partial charge in [0.1, 0.15) is 6.54 Å². The van der Waals surface area contributed by atoms with E-state index in [9.17, 15) is 9.59 Å². The summed E-state index contributed by atoms with van der Waals surface area (Å²) in [6, 6.07) is 21.0. The van der Waals surface area contributed by atoms with Crippen molar-refractivity contribution in [1.29, 1.82) is 0 Å². The summed E-state index contributed by atoms with van der Waals surface area (Å²) in [5.74, 6) is 0.404. The van der Waals surface area contributed by atoms with Crippen molar-refractivity contribution < 1.29 is 28.5 Å². The average molecular weight is 462 g/mol. The maximum absolute atomic E-state index is 13.1. The van der Waals surface area contributed by atoms with Crippen molar-refractivity contribution >= 4 is 23.5 Å². The van der Waals surface area contributed by atoms with Crippen LogP contribution in [0.5, 0.6) is 17.2 Å². The van der Waals surface area contributed by atoms with E-state index < -0.39 is 11.9 Å². The van der Waals surface area contributed by atoms with Crippen molar-refractivity contribution in [3.05, 3.63) is 77.9 Å². The SMILES string of the molecule is COC(=O)CNC(=O)C(=Cc1cc(OC)c(OC)c(OC)c1)c1ccc(-c2ccccc2)cc1. The van der Waals surface area contributed by atoms with Gasteiger partial charge in [0.05, 0.1) is 28.4 Å². The van der Waals surface area contributed by atoms with Crippen molar-refractivity contribution in [2.75, 3.05) is 35.0 Å². The summed E-state index contributed by atoms with van der Waals surface area (Å²) in [5.41, 5.74) is 3.78. The van der Waals surface area contributed by atoms with E-state index in [1.807, 2.05) is 54.6 Å². The maximum atomic E-state index is 13.1. The minimum Gasteiger partial charge on any atom is -0.493 e. The molecule has 0 aromatic heterocycles. The van der Waals surface area contributed by atoms with Crippen LogP contribution in [0.3, 0.4) is 0 Å². The summed E-state index contributed by atoms with van der Waals surface area (Å²) in [7, 11) is 5.84. The molecule has 0 saturated heterocycles. The minimum atomic E-state index is -0.542. The average Bonchev–Trinajstić information content (AvgIpc) is 2.90. The lowest BCUT2D eigenvalue weighted by atomic mass is 9.98. The van der Waals surface area contributed by atoms with Gasteiger partial charge in [-0.2, -0.15) is 0 Å². The maximum Gasteiger partial charge on any atom is 0.325 e. The van der Waals surface area contributed by atoms with Gasteiger partial charge in [0.25, 0.3) is 5.91 Å². The molecule has 0 aliphatic carbocycles. The monoisotopic (exact) mass is 461 g/mol. The number of methoxy groups -OCH3 is 4. The van der Waals surface area contributed by atoms with E-state index >= 15 is 0 Å². The van der Waals surface area contributed by atoms with Crippen molar-refractivity contribution in [1.82, 2.24) is 5.32 Å². The summed E-state index contributed by atoms with van der Waals surface area (Å²) in [4.78, 5) is 24.7. The summed E-state index contributed by atoms with van der Waals surface area (Å²) in [6.07, 6.45) is 1.70. The Balaban J connectivity index is 2.05. The molecule has 0 bridgehead atoms. The topological polar surface area (TPSA) is 83.1 Å². The Hall–Kier alpha value is -4.26. The lowest BCUT2D eigenvalue weighted by Gasteiger charge is -2.14. The number of ether oxygens (including phenoxy) is 4. The Kier molecular flexibility index (Phi) is 8.29. The molecule has 34 heavy (non-hydrogen) atoms. The molecule has 0 spiro atoms. The number of nitrogens with one attached hydrogen (secondary N) is 1. The molecule has 0 unspecified atom stereocenters. The third kappa shape index (κ3) is 5.75. The van der Waals surface area contributed by atoms with Gasteiger partial charge in [-0.3, -0.25) is 9.59 Å². The first kappa shape index (κ1) is 24.4. The molecule has 0 heterocycles. The molecule has 176 valence electrons. The van der Waals surface area contributed by atoms with Crippen LogP contribution in [0.15, 0.2) is 66.7 Å². The highest BCUT2D eigenvalue weighted by Gasteiger charge is 2.17. The van der Waals surface area contributed by atoms with Gasteiger partial charge in [-0.25, -0.2) is 0 Å². The lowest BCUT2D eigenvalue weighted by Crippen LogP contribution is -2.30. The molecule has 0 aliphatic rings. The number of hydrogen-bond donors (Lipinski definition) is 1. The van der Waals surface area contributed by atoms with Crippen molar-refractivity contribution in [2.45, 2.75) is 0 Å². The van der Waals surface area contributed by atoms with Crippen LogP contribution in [-0.2, 0) is 14.3 Å². The zero-order valence-corrected chi connectivity index (χ0v) is 19.6. The fourth-order valence-electron chi connectivity index (χ4n) is 3.42. The zero-order valence-electron chi connectivity index (χ0n) is 19.6. The van der Waals surface area contributed by atoms with Crippen LogP contribution >= 0.6 is 0 Å². The van der Waals surface area contributed by atoms with Gasteiger partial charge in [0.15, 0.2) is 11.5 Å². The Morgan fingerprint density at radius 1 is 0.794 bits per heavy atom. The summed E-state index contributed by atoms with van der Waals surface area (Å²) < 4.78 is 20.9. The number of hydrogen-bond acceptors (Lipinski definition) is 6.